The number of carbonyl (C=O) groups excluding carboxylic acids is 1. The maximum Gasteiger partial charge on any atom is 0.586 e. The number of nitrogens with one attached hydrogen (secondary N) is 1. The van der Waals surface area contributed by atoms with Crippen molar-refractivity contribution in [3.63, 3.8) is 0 Å². The molecule has 1 amide bonds. The van der Waals surface area contributed by atoms with E-state index in [9.17, 15) is 59.5 Å². The van der Waals surface area contributed by atoms with Gasteiger partial charge in [0, 0.05) is 17.1 Å². The van der Waals surface area contributed by atoms with Crippen LogP contribution in [0.1, 0.15) is 25.1 Å². The van der Waals surface area contributed by atoms with Crippen LogP contribution in [0, 0.1) is 5.82 Å². The molecule has 17 heteroatoms. The zero-order valence-corrected chi connectivity index (χ0v) is 22.3. The van der Waals surface area contributed by atoms with Crippen LogP contribution in [0.4, 0.5) is 18.9 Å². The van der Waals surface area contributed by atoms with Crippen LogP contribution in [0.3, 0.4) is 0 Å². The molecular formula is C26H27F3N2O12. The second-order valence-electron chi connectivity index (χ2n) is 11.0. The molecule has 1 unspecified atom stereocenters. The number of aliphatic hydroxyl groups is 9. The third-order valence-electron chi connectivity index (χ3n) is 7.97. The Morgan fingerprint density at radius 2 is 1.60 bits per heavy atom. The molecule has 0 radical (unpaired) electrons. The quantitative estimate of drug-likeness (QED) is 0.132. The van der Waals surface area contributed by atoms with Crippen LogP contribution in [0.2, 0.25) is 0 Å². The number of fused-ring (bicyclic) bond motifs is 2. The first-order valence-corrected chi connectivity index (χ1v) is 12.5. The second kappa shape index (κ2) is 9.24. The molecule has 2 aliphatic rings. The molecule has 234 valence electrons. The van der Waals surface area contributed by atoms with Crippen LogP contribution in [0.15, 0.2) is 36.4 Å². The van der Waals surface area contributed by atoms with Gasteiger partial charge in [-0.1, -0.05) is 6.07 Å². The summed E-state index contributed by atoms with van der Waals surface area (Å²) in [6.45, 7) is 1.29. The minimum absolute atomic E-state index is 0.00881. The second-order valence-corrected chi connectivity index (χ2v) is 11.0. The van der Waals surface area contributed by atoms with Crippen molar-refractivity contribution in [1.82, 2.24) is 4.57 Å². The molecule has 1 aliphatic heterocycles. The predicted molar refractivity (Wildman–Crippen MR) is 135 cm³/mol. The summed E-state index contributed by atoms with van der Waals surface area (Å²) in [4.78, 5) is 13.5. The molecule has 43 heavy (non-hydrogen) atoms. The fraction of sp³-hybridized carbons (Fsp3) is 0.423. The van der Waals surface area contributed by atoms with Crippen molar-refractivity contribution in [2.24, 2.45) is 0 Å². The van der Waals surface area contributed by atoms with Crippen LogP contribution >= 0.6 is 0 Å². The fourth-order valence-electron chi connectivity index (χ4n) is 5.28. The van der Waals surface area contributed by atoms with E-state index in [1.54, 1.807) is 0 Å². The van der Waals surface area contributed by atoms with Gasteiger partial charge in [-0.2, -0.15) is 0 Å². The number of aliphatic hydroxyl groups excluding tert-OH is 2. The Balaban J connectivity index is 1.59. The average Bonchev–Trinajstić information content (AvgIpc) is 3.17. The molecular weight excluding hydrogens is 589 g/mol. The summed E-state index contributed by atoms with van der Waals surface area (Å²) in [6.07, 6.45) is -5.50. The van der Waals surface area contributed by atoms with E-state index in [1.165, 1.54) is 24.5 Å². The summed E-state index contributed by atoms with van der Waals surface area (Å²) in [5, 5.41) is 93.1. The minimum atomic E-state index is -4.09. The van der Waals surface area contributed by atoms with E-state index >= 15 is 4.39 Å². The van der Waals surface area contributed by atoms with Gasteiger partial charge in [0.2, 0.25) is 17.5 Å². The zero-order chi connectivity index (χ0) is 32.1. The average molecular weight is 616 g/mol. The normalized spacial score (nSPS) is 20.2. The van der Waals surface area contributed by atoms with E-state index in [0.717, 1.165) is 24.3 Å². The number of carbonyl (C=O) groups is 1. The molecule has 2 aromatic carbocycles. The third-order valence-corrected chi connectivity index (χ3v) is 7.97. The Kier molecular flexibility index (Phi) is 6.65. The molecule has 1 saturated carbocycles. The molecule has 0 bridgehead atoms. The van der Waals surface area contributed by atoms with Crippen LogP contribution < -0.4 is 14.8 Å². The van der Waals surface area contributed by atoms with Crippen molar-refractivity contribution in [1.29, 1.82) is 0 Å². The fourth-order valence-corrected chi connectivity index (χ4v) is 5.28. The number of aromatic nitrogens is 1. The van der Waals surface area contributed by atoms with Crippen LogP contribution in [0.25, 0.3) is 10.9 Å². The SMILES string of the molecule is CC(C)(c1cc2cc(NC(=O)C3(c4ccc5c(c4)OC(F)(F)O5)C(O)(O)C3(O)O)c(F)cc2n1CC(O)CO)C(O)(O)O. The van der Waals surface area contributed by atoms with E-state index in [0.29, 0.717) is 6.07 Å². The van der Waals surface area contributed by atoms with E-state index in [4.69, 9.17) is 0 Å². The summed E-state index contributed by atoms with van der Waals surface area (Å²) >= 11 is 0. The Labute approximate surface area is 239 Å². The maximum absolute atomic E-state index is 15.4. The van der Waals surface area contributed by atoms with Crippen molar-refractivity contribution in [3.8, 4) is 11.5 Å². The van der Waals surface area contributed by atoms with E-state index < -0.39 is 88.4 Å². The van der Waals surface area contributed by atoms with E-state index in [2.05, 4.69) is 9.47 Å². The molecule has 0 saturated heterocycles. The number of halogens is 3. The smallest absolute Gasteiger partial charge is 0.395 e. The van der Waals surface area contributed by atoms with Gasteiger partial charge in [0.15, 0.2) is 16.9 Å². The van der Waals surface area contributed by atoms with Crippen molar-refractivity contribution >= 4 is 22.5 Å². The molecule has 1 fully saturated rings. The van der Waals surface area contributed by atoms with Gasteiger partial charge in [0.25, 0.3) is 5.97 Å². The molecule has 1 aliphatic carbocycles. The van der Waals surface area contributed by atoms with Crippen LogP contribution in [0.5, 0.6) is 11.5 Å². The summed E-state index contributed by atoms with van der Waals surface area (Å²) in [7, 11) is 0. The van der Waals surface area contributed by atoms with Gasteiger partial charge in [0.05, 0.1) is 35.9 Å². The predicted octanol–water partition coefficient (Wildman–Crippen LogP) is -1.38. The van der Waals surface area contributed by atoms with E-state index in [1.807, 2.05) is 5.32 Å². The van der Waals surface area contributed by atoms with Gasteiger partial charge >= 0.3 is 6.29 Å². The molecule has 2 heterocycles. The van der Waals surface area contributed by atoms with Crippen molar-refractivity contribution in [2.75, 3.05) is 11.9 Å². The highest BCUT2D eigenvalue weighted by Crippen LogP contribution is 2.64. The molecule has 3 aromatic rings. The number of alkyl halides is 2. The summed E-state index contributed by atoms with van der Waals surface area (Å²) in [5.41, 5.74) is -6.31. The molecule has 0 spiro atoms. The number of rotatable bonds is 8. The lowest BCUT2D eigenvalue weighted by atomic mass is 9.86. The van der Waals surface area contributed by atoms with Crippen molar-refractivity contribution in [2.45, 2.75) is 61.2 Å². The van der Waals surface area contributed by atoms with Crippen molar-refractivity contribution < 1.29 is 73.4 Å². The number of nitrogens with zero attached hydrogens (tertiary/aromatic N) is 1. The third kappa shape index (κ3) is 4.27. The van der Waals surface area contributed by atoms with Gasteiger partial charge in [-0.05, 0) is 43.7 Å². The first-order valence-electron chi connectivity index (χ1n) is 12.5. The Hall–Kier alpha value is -3.52. The number of benzene rings is 2. The number of amides is 1. The van der Waals surface area contributed by atoms with Gasteiger partial charge in [-0.3, -0.25) is 4.79 Å². The standard InChI is InChI=1S/C26H27F3N2O12/c1-21(2,25(39,40)41)19-6-11-5-15(14(27)8-16(11)31(19)9-13(33)10-32)30-20(34)22(23(35,36)24(22,37)38)12-3-4-17-18(7-12)43-26(28,29)42-17/h3-8,13,32-33,35-41H,9-10H2,1-2H3,(H,30,34). The summed E-state index contributed by atoms with van der Waals surface area (Å²) < 4.78 is 52.2. The number of ether oxygens (including phenoxy) is 2. The monoisotopic (exact) mass is 616 g/mol. The van der Waals surface area contributed by atoms with Crippen LogP contribution in [-0.2, 0) is 22.2 Å². The summed E-state index contributed by atoms with van der Waals surface area (Å²) in [6, 6.07) is 5.50. The topological polar surface area (TPSA) is 235 Å². The highest BCUT2D eigenvalue weighted by atomic mass is 19.3. The van der Waals surface area contributed by atoms with Gasteiger partial charge in [-0.15, -0.1) is 8.78 Å². The highest BCUT2D eigenvalue weighted by Gasteiger charge is 2.93. The number of hydrogen-bond acceptors (Lipinski definition) is 12. The Bertz CT molecular complexity index is 1620. The summed E-state index contributed by atoms with van der Waals surface area (Å²) in [5.74, 6) is -14.5. The highest BCUT2D eigenvalue weighted by molar-refractivity contribution is 6.06. The molecule has 14 nitrogen and oxygen atoms in total. The first kappa shape index (κ1) is 30.9. The lowest BCUT2D eigenvalue weighted by molar-refractivity contribution is -0.347. The minimum Gasteiger partial charge on any atom is -0.395 e. The largest absolute Gasteiger partial charge is 0.586 e. The number of anilines is 1. The van der Waals surface area contributed by atoms with Gasteiger partial charge in [-0.25, -0.2) is 4.39 Å². The molecule has 1 atom stereocenters. The van der Waals surface area contributed by atoms with Crippen molar-refractivity contribution in [3.05, 3.63) is 53.5 Å². The lowest BCUT2D eigenvalue weighted by Gasteiger charge is -2.34. The molecule has 5 rings (SSSR count). The van der Waals surface area contributed by atoms with Gasteiger partial charge < -0.3 is 65.3 Å². The molecule has 10 N–H and O–H groups in total. The van der Waals surface area contributed by atoms with Gasteiger partial charge in [0.1, 0.15) is 5.82 Å². The maximum atomic E-state index is 15.4. The first-order chi connectivity index (χ1) is 19.6. The number of hydrogen-bond donors (Lipinski definition) is 10. The zero-order valence-electron chi connectivity index (χ0n) is 22.3. The lowest BCUT2D eigenvalue weighted by Crippen LogP contribution is -2.49. The Morgan fingerprint density at radius 3 is 2.16 bits per heavy atom. The molecule has 1 aromatic heterocycles. The van der Waals surface area contributed by atoms with E-state index in [-0.39, 0.29) is 16.6 Å². The van der Waals surface area contributed by atoms with Crippen LogP contribution in [-0.4, -0.2) is 93.0 Å². The Morgan fingerprint density at radius 1 is 1.00 bits per heavy atom.